The molecule has 1 aromatic heterocycles. The SMILES string of the molecule is C[C@H](O/N=C(\C(=O)N[C@@H]1C(=O)N(OS(=O)(=O)O)C1(C)C)c1csc(N)n1)[C@H]1CCc2cc(C3=CN=C(NCCCN)NC3)ccc2O1. The molecule has 2 amide bonds. The Hall–Kier alpha value is -4.30. The quantitative estimate of drug-likeness (QED) is 0.0578. The number of carbonyl (C=O) groups is 2. The number of thiazole rings is 1. The minimum Gasteiger partial charge on any atom is -0.486 e. The number of ether oxygens (including phenoxy) is 1. The Kier molecular flexibility index (Phi) is 10.0. The van der Waals surface area contributed by atoms with Crippen molar-refractivity contribution in [3.8, 4) is 5.75 Å². The third-order valence-corrected chi connectivity index (χ3v) is 8.82. The zero-order chi connectivity index (χ0) is 33.9. The van der Waals surface area contributed by atoms with Gasteiger partial charge < -0.3 is 37.0 Å². The van der Waals surface area contributed by atoms with Gasteiger partial charge in [-0.3, -0.25) is 14.1 Å². The third kappa shape index (κ3) is 7.82. The molecule has 2 aromatic rings. The zero-order valence-corrected chi connectivity index (χ0v) is 27.6. The summed E-state index contributed by atoms with van der Waals surface area (Å²) in [5.74, 6) is -0.279. The Morgan fingerprint density at radius 1 is 1.38 bits per heavy atom. The van der Waals surface area contributed by atoms with Crippen LogP contribution in [0.5, 0.6) is 5.75 Å². The number of nitrogens with two attached hydrogens (primary N) is 2. The summed E-state index contributed by atoms with van der Waals surface area (Å²) >= 11 is 1.08. The van der Waals surface area contributed by atoms with Crippen molar-refractivity contribution in [1.82, 2.24) is 26.0 Å². The van der Waals surface area contributed by atoms with Gasteiger partial charge in [0.2, 0.25) is 0 Å². The van der Waals surface area contributed by atoms with Crippen LogP contribution in [-0.2, 0) is 35.5 Å². The molecule has 0 saturated carbocycles. The van der Waals surface area contributed by atoms with Gasteiger partial charge in [0.15, 0.2) is 22.9 Å². The van der Waals surface area contributed by atoms with Gasteiger partial charge in [-0.15, -0.1) is 15.6 Å². The number of rotatable bonds is 12. The predicted octanol–water partition coefficient (Wildman–Crippen LogP) is 0.307. The van der Waals surface area contributed by atoms with Gasteiger partial charge in [-0.1, -0.05) is 11.2 Å². The molecule has 254 valence electrons. The number of hydrogen-bond donors (Lipinski definition) is 6. The van der Waals surface area contributed by atoms with Gasteiger partial charge in [0.25, 0.3) is 11.8 Å². The summed E-state index contributed by atoms with van der Waals surface area (Å²) in [6.07, 6.45) is 3.07. The highest BCUT2D eigenvalue weighted by molar-refractivity contribution is 7.80. The molecule has 0 spiro atoms. The molecule has 3 aliphatic rings. The number of nitrogens with one attached hydrogen (secondary N) is 3. The van der Waals surface area contributed by atoms with Crippen molar-refractivity contribution < 1.29 is 36.4 Å². The van der Waals surface area contributed by atoms with Crippen LogP contribution in [0.3, 0.4) is 0 Å². The molecule has 1 fully saturated rings. The second-order valence-corrected chi connectivity index (χ2v) is 13.5. The molecular weight excluding hydrogens is 654 g/mol. The van der Waals surface area contributed by atoms with E-state index >= 15 is 0 Å². The summed E-state index contributed by atoms with van der Waals surface area (Å²) in [7, 11) is -4.96. The number of amides is 2. The van der Waals surface area contributed by atoms with E-state index in [0.29, 0.717) is 30.3 Å². The third-order valence-electron chi connectivity index (χ3n) is 7.81. The number of anilines is 1. The second-order valence-electron chi connectivity index (χ2n) is 11.6. The van der Waals surface area contributed by atoms with Crippen LogP contribution in [-0.4, -0.2) is 89.9 Å². The Bertz CT molecular complexity index is 1720. The summed E-state index contributed by atoms with van der Waals surface area (Å²) in [4.78, 5) is 40.3. The van der Waals surface area contributed by atoms with E-state index in [1.807, 2.05) is 18.3 Å². The van der Waals surface area contributed by atoms with Crippen LogP contribution in [0.15, 0.2) is 39.9 Å². The maximum Gasteiger partial charge on any atom is 0.418 e. The number of nitrogen functional groups attached to an aromatic ring is 1. The standard InChI is InChI=1S/C28H37N9O8S2/c1-15(20-7-6-17-11-16(5-8-21(17)43-20)18-12-32-27(33-13-18)31-10-4-9-29)44-36-22(19-14-46-26(30)34-19)24(38)35-23-25(39)37(28(23,2)3)45-47(40,41)42/h5,8,11-12,14-15,20,23H,4,6-7,9-10,13,29H2,1-3H3,(H2,30,34)(H,35,38)(H2,31,32,33)(H,40,41,42)/b36-22-/t15-,20+,23+/m0/s1. The summed E-state index contributed by atoms with van der Waals surface area (Å²) < 4.78 is 41.9. The number of aryl methyl sites for hydroxylation is 1. The number of guanidine groups is 1. The van der Waals surface area contributed by atoms with E-state index < -0.39 is 39.9 Å². The molecule has 1 saturated heterocycles. The number of fused-ring (bicyclic) bond motifs is 1. The molecule has 8 N–H and O–H groups in total. The van der Waals surface area contributed by atoms with E-state index in [2.05, 4.69) is 41.4 Å². The van der Waals surface area contributed by atoms with E-state index in [4.69, 9.17) is 25.6 Å². The number of benzene rings is 1. The van der Waals surface area contributed by atoms with Gasteiger partial charge in [0, 0.05) is 24.7 Å². The fourth-order valence-corrected chi connectivity index (χ4v) is 6.17. The van der Waals surface area contributed by atoms with Crippen LogP contribution in [0.2, 0.25) is 0 Å². The second kappa shape index (κ2) is 13.8. The normalized spacial score (nSPS) is 21.3. The first-order chi connectivity index (χ1) is 22.3. The number of aliphatic imine (C=N–C) groups is 1. The number of hydroxylamine groups is 2. The average molecular weight is 692 g/mol. The van der Waals surface area contributed by atoms with Crippen molar-refractivity contribution in [3.05, 3.63) is 46.6 Å². The number of β-lactam (4-membered cyclic amide) rings is 1. The average Bonchev–Trinajstić information content (AvgIpc) is 3.47. The van der Waals surface area contributed by atoms with E-state index in [-0.39, 0.29) is 22.6 Å². The Morgan fingerprint density at radius 3 is 2.81 bits per heavy atom. The molecule has 0 radical (unpaired) electrons. The largest absolute Gasteiger partial charge is 0.486 e. The number of carbonyl (C=O) groups excluding carboxylic acids is 2. The number of nitrogens with zero attached hydrogens (tertiary/aromatic N) is 4. The zero-order valence-electron chi connectivity index (χ0n) is 25.9. The fourth-order valence-electron chi connectivity index (χ4n) is 5.17. The van der Waals surface area contributed by atoms with Crippen LogP contribution in [0.1, 0.15) is 50.4 Å². The molecule has 0 unspecified atom stereocenters. The highest BCUT2D eigenvalue weighted by Crippen LogP contribution is 2.34. The van der Waals surface area contributed by atoms with Gasteiger partial charge in [0.05, 0.1) is 5.54 Å². The molecule has 1 aromatic carbocycles. The van der Waals surface area contributed by atoms with Crippen molar-refractivity contribution in [1.29, 1.82) is 0 Å². The van der Waals surface area contributed by atoms with Gasteiger partial charge in [-0.25, -0.2) is 9.98 Å². The van der Waals surface area contributed by atoms with E-state index in [1.165, 1.54) is 19.2 Å². The lowest BCUT2D eigenvalue weighted by atomic mass is 9.84. The van der Waals surface area contributed by atoms with Crippen molar-refractivity contribution in [2.24, 2.45) is 15.9 Å². The van der Waals surface area contributed by atoms with Crippen molar-refractivity contribution in [3.63, 3.8) is 0 Å². The van der Waals surface area contributed by atoms with Crippen LogP contribution < -0.4 is 32.2 Å². The molecule has 4 heterocycles. The lowest BCUT2D eigenvalue weighted by molar-refractivity contribution is -0.218. The lowest BCUT2D eigenvalue weighted by Crippen LogP contribution is -2.76. The summed E-state index contributed by atoms with van der Waals surface area (Å²) in [5, 5.41) is 15.2. The minimum absolute atomic E-state index is 0.115. The van der Waals surface area contributed by atoms with Gasteiger partial charge >= 0.3 is 10.4 Å². The minimum atomic E-state index is -4.96. The highest BCUT2D eigenvalue weighted by Gasteiger charge is 2.58. The number of hydrogen-bond acceptors (Lipinski definition) is 15. The monoisotopic (exact) mass is 691 g/mol. The van der Waals surface area contributed by atoms with Crippen LogP contribution in [0.4, 0.5) is 5.13 Å². The first-order valence-corrected chi connectivity index (χ1v) is 17.0. The first kappa shape index (κ1) is 34.0. The molecular formula is C28H37N9O8S2. The number of oxime groups is 1. The molecule has 3 aliphatic heterocycles. The molecule has 3 atom stereocenters. The Labute approximate surface area is 275 Å². The molecule has 17 nitrogen and oxygen atoms in total. The Balaban J connectivity index is 1.24. The topological polar surface area (TPSA) is 245 Å². The molecule has 47 heavy (non-hydrogen) atoms. The predicted molar refractivity (Wildman–Crippen MR) is 173 cm³/mol. The van der Waals surface area contributed by atoms with Crippen molar-refractivity contribution in [2.75, 3.05) is 25.4 Å². The molecule has 0 aliphatic carbocycles. The van der Waals surface area contributed by atoms with Crippen molar-refractivity contribution in [2.45, 2.75) is 63.8 Å². The summed E-state index contributed by atoms with van der Waals surface area (Å²) in [6, 6.07) is 4.77. The maximum absolute atomic E-state index is 13.3. The smallest absolute Gasteiger partial charge is 0.418 e. The summed E-state index contributed by atoms with van der Waals surface area (Å²) in [6.45, 7) is 6.64. The highest BCUT2D eigenvalue weighted by atomic mass is 32.3. The van der Waals surface area contributed by atoms with E-state index in [1.54, 1.807) is 6.92 Å². The molecule has 5 rings (SSSR count). The first-order valence-electron chi connectivity index (χ1n) is 14.8. The summed E-state index contributed by atoms with van der Waals surface area (Å²) in [5.41, 5.74) is 13.0. The van der Waals surface area contributed by atoms with Gasteiger partial charge in [-0.2, -0.15) is 13.5 Å². The van der Waals surface area contributed by atoms with E-state index in [9.17, 15) is 18.0 Å². The lowest BCUT2D eigenvalue weighted by Gasteiger charge is -2.50. The van der Waals surface area contributed by atoms with Crippen LogP contribution >= 0.6 is 11.3 Å². The maximum atomic E-state index is 13.3. The van der Waals surface area contributed by atoms with Crippen LogP contribution in [0.25, 0.3) is 5.57 Å². The van der Waals surface area contributed by atoms with Crippen molar-refractivity contribution >= 4 is 55.9 Å². The Morgan fingerprint density at radius 2 is 2.17 bits per heavy atom. The van der Waals surface area contributed by atoms with Crippen LogP contribution in [0, 0.1) is 0 Å². The van der Waals surface area contributed by atoms with Gasteiger partial charge in [0.1, 0.15) is 23.6 Å². The number of aromatic nitrogens is 1. The fraction of sp³-hybridized carbons (Fsp3) is 0.464. The van der Waals surface area contributed by atoms with Gasteiger partial charge in [-0.05, 0) is 75.4 Å². The molecule has 19 heteroatoms. The van der Waals surface area contributed by atoms with E-state index in [0.717, 1.165) is 53.4 Å². The molecule has 0 bridgehead atoms.